The molecule has 144 valence electrons. The van der Waals surface area contributed by atoms with Crippen molar-refractivity contribution in [2.45, 2.75) is 19.4 Å². The van der Waals surface area contributed by atoms with Gasteiger partial charge in [0, 0.05) is 18.7 Å². The molecule has 0 radical (unpaired) electrons. The molecule has 2 heterocycles. The molecule has 1 aromatic heterocycles. The number of nitrogen functional groups attached to an aromatic ring is 1. The van der Waals surface area contributed by atoms with Crippen LogP contribution in [0.5, 0.6) is 0 Å². The predicted molar refractivity (Wildman–Crippen MR) is 102 cm³/mol. The third-order valence-corrected chi connectivity index (χ3v) is 4.38. The number of aliphatic hydroxyl groups is 1. The largest absolute Gasteiger partial charge is 0.394 e. The number of amides is 3. The third kappa shape index (κ3) is 4.11. The number of benzene rings is 1. The van der Waals surface area contributed by atoms with Gasteiger partial charge < -0.3 is 32.1 Å². The number of hydrogen-bond acceptors (Lipinski definition) is 6. The lowest BCUT2D eigenvalue weighted by Crippen LogP contribution is -2.28. The van der Waals surface area contributed by atoms with Crippen molar-refractivity contribution in [1.29, 1.82) is 0 Å². The summed E-state index contributed by atoms with van der Waals surface area (Å²) in [5.74, 6) is 0.258. The van der Waals surface area contributed by atoms with Crippen molar-refractivity contribution in [1.82, 2.24) is 14.7 Å². The Morgan fingerprint density at radius 3 is 2.59 bits per heavy atom. The summed E-state index contributed by atoms with van der Waals surface area (Å²) >= 11 is 0. The van der Waals surface area contributed by atoms with Crippen LogP contribution >= 0.6 is 0 Å². The van der Waals surface area contributed by atoms with Crippen LogP contribution in [0.4, 0.5) is 27.7 Å². The Morgan fingerprint density at radius 1 is 1.19 bits per heavy atom. The molecule has 0 bridgehead atoms. The number of aromatic nitrogens is 2. The van der Waals surface area contributed by atoms with Gasteiger partial charge in [0.15, 0.2) is 0 Å². The predicted octanol–water partition coefficient (Wildman–Crippen LogP) is 0.928. The Bertz CT molecular complexity index is 843. The van der Waals surface area contributed by atoms with Gasteiger partial charge in [0.25, 0.3) is 5.91 Å². The lowest BCUT2D eigenvalue weighted by molar-refractivity contribution is 0.0793. The minimum absolute atomic E-state index is 0.0816. The lowest BCUT2D eigenvalue weighted by atomic mass is 10.1. The van der Waals surface area contributed by atoms with Gasteiger partial charge in [0.2, 0.25) is 0 Å². The summed E-state index contributed by atoms with van der Waals surface area (Å²) in [5.41, 5.74) is 13.1. The zero-order valence-corrected chi connectivity index (χ0v) is 14.8. The first kappa shape index (κ1) is 18.5. The maximum atomic E-state index is 12.6. The summed E-state index contributed by atoms with van der Waals surface area (Å²) in [7, 11) is 0. The first-order valence-electron chi connectivity index (χ1n) is 8.68. The molecule has 1 saturated heterocycles. The van der Waals surface area contributed by atoms with Gasteiger partial charge in [0.1, 0.15) is 11.5 Å². The number of likely N-dealkylation sites (tertiary alicyclic amines) is 1. The van der Waals surface area contributed by atoms with E-state index in [0.29, 0.717) is 28.4 Å². The van der Waals surface area contributed by atoms with E-state index in [1.54, 1.807) is 23.1 Å². The van der Waals surface area contributed by atoms with E-state index >= 15 is 0 Å². The average Bonchev–Trinajstić information content (AvgIpc) is 3.28. The molecule has 3 rings (SSSR count). The van der Waals surface area contributed by atoms with Crippen LogP contribution in [0.3, 0.4) is 0 Å². The number of nitrogens with two attached hydrogens (primary N) is 2. The molecule has 10 nitrogen and oxygen atoms in total. The second-order valence-corrected chi connectivity index (χ2v) is 6.26. The highest BCUT2D eigenvalue weighted by molar-refractivity contribution is 5.99. The second kappa shape index (κ2) is 7.96. The summed E-state index contributed by atoms with van der Waals surface area (Å²) in [6.45, 7) is 1.65. The Hall–Kier alpha value is -3.27. The van der Waals surface area contributed by atoms with Crippen molar-refractivity contribution in [2.24, 2.45) is 5.73 Å². The molecule has 3 amide bonds. The number of urea groups is 1. The summed E-state index contributed by atoms with van der Waals surface area (Å²) in [6, 6.07) is 4.20. The van der Waals surface area contributed by atoms with E-state index in [2.05, 4.69) is 15.7 Å². The summed E-state index contributed by atoms with van der Waals surface area (Å²) in [4.78, 5) is 25.8. The Labute approximate surface area is 156 Å². The first-order chi connectivity index (χ1) is 13.0. The number of primary amides is 1. The highest BCUT2D eigenvalue weighted by atomic mass is 16.3. The number of nitrogens with one attached hydrogen (secondary N) is 2. The van der Waals surface area contributed by atoms with E-state index in [4.69, 9.17) is 16.6 Å². The van der Waals surface area contributed by atoms with Crippen LogP contribution in [-0.2, 0) is 6.54 Å². The first-order valence-corrected chi connectivity index (χ1v) is 8.68. The highest BCUT2D eigenvalue weighted by Gasteiger charge is 2.21. The van der Waals surface area contributed by atoms with Gasteiger partial charge in [-0.1, -0.05) is 0 Å². The van der Waals surface area contributed by atoms with Crippen molar-refractivity contribution in [3.63, 3.8) is 0 Å². The summed E-state index contributed by atoms with van der Waals surface area (Å²) in [5, 5.41) is 18.7. The van der Waals surface area contributed by atoms with Gasteiger partial charge in [0.05, 0.1) is 30.7 Å². The minimum Gasteiger partial charge on any atom is -0.394 e. The summed E-state index contributed by atoms with van der Waals surface area (Å²) < 4.78 is 1.45. The molecular weight excluding hydrogens is 350 g/mol. The highest BCUT2D eigenvalue weighted by Crippen LogP contribution is 2.30. The van der Waals surface area contributed by atoms with Crippen LogP contribution < -0.4 is 22.1 Å². The Kier molecular flexibility index (Phi) is 5.46. The van der Waals surface area contributed by atoms with Gasteiger partial charge in [-0.25, -0.2) is 9.48 Å². The normalized spacial score (nSPS) is 13.6. The molecule has 0 atom stereocenters. The monoisotopic (exact) mass is 373 g/mol. The van der Waals surface area contributed by atoms with Crippen molar-refractivity contribution in [2.75, 3.05) is 36.1 Å². The van der Waals surface area contributed by atoms with Crippen LogP contribution in [0.1, 0.15) is 23.2 Å². The number of hydrogen-bond donors (Lipinski definition) is 5. The van der Waals surface area contributed by atoms with Crippen LogP contribution in [0.25, 0.3) is 0 Å². The zero-order valence-electron chi connectivity index (χ0n) is 14.8. The third-order valence-electron chi connectivity index (χ3n) is 4.38. The Morgan fingerprint density at radius 2 is 1.93 bits per heavy atom. The average molecular weight is 373 g/mol. The number of carbonyl (C=O) groups excluding carboxylic acids is 2. The topological polar surface area (TPSA) is 152 Å². The number of rotatable bonds is 6. The molecule has 10 heteroatoms. The fourth-order valence-corrected chi connectivity index (χ4v) is 3.03. The van der Waals surface area contributed by atoms with Crippen molar-refractivity contribution >= 4 is 34.8 Å². The number of anilines is 4. The van der Waals surface area contributed by atoms with Crippen LogP contribution in [0, 0.1) is 0 Å². The van der Waals surface area contributed by atoms with E-state index in [0.717, 1.165) is 25.9 Å². The van der Waals surface area contributed by atoms with Gasteiger partial charge in [-0.15, -0.1) is 0 Å². The molecule has 0 saturated carbocycles. The van der Waals surface area contributed by atoms with E-state index in [9.17, 15) is 9.59 Å². The molecule has 2 aromatic rings. The van der Waals surface area contributed by atoms with Crippen LogP contribution in [0.2, 0.25) is 0 Å². The van der Waals surface area contributed by atoms with Gasteiger partial charge in [-0.05, 0) is 31.0 Å². The minimum atomic E-state index is -0.743. The quantitative estimate of drug-likeness (QED) is 0.508. The van der Waals surface area contributed by atoms with Gasteiger partial charge >= 0.3 is 6.03 Å². The number of nitrogens with zero attached hydrogens (tertiary/aromatic N) is 3. The van der Waals surface area contributed by atoms with Crippen molar-refractivity contribution in [3.8, 4) is 0 Å². The fourth-order valence-electron chi connectivity index (χ4n) is 3.03. The molecule has 0 unspecified atom stereocenters. The molecule has 27 heavy (non-hydrogen) atoms. The molecule has 1 fully saturated rings. The van der Waals surface area contributed by atoms with Gasteiger partial charge in [-0.3, -0.25) is 4.79 Å². The van der Waals surface area contributed by atoms with Crippen molar-refractivity contribution < 1.29 is 14.7 Å². The maximum Gasteiger partial charge on any atom is 0.316 e. The fraction of sp³-hybridized carbons (Fsp3) is 0.353. The van der Waals surface area contributed by atoms with E-state index in [1.165, 1.54) is 10.9 Å². The lowest BCUT2D eigenvalue weighted by Gasteiger charge is -2.17. The van der Waals surface area contributed by atoms with Gasteiger partial charge in [-0.2, -0.15) is 5.10 Å². The molecule has 0 spiro atoms. The zero-order chi connectivity index (χ0) is 19.4. The standard InChI is InChI=1S/C17H23N7O3/c18-15-14(10-20-24(15)7-8-25)21-12-4-3-11(9-13(12)22-17(19)27)16(26)23-5-1-2-6-23/h3-4,9-10,21,25H,1-2,5-8,18H2,(H3,19,22,27). The van der Waals surface area contributed by atoms with E-state index in [-0.39, 0.29) is 19.1 Å². The molecule has 1 aromatic carbocycles. The van der Waals surface area contributed by atoms with Crippen LogP contribution in [0.15, 0.2) is 24.4 Å². The SMILES string of the molecule is NC(=O)Nc1cc(C(=O)N2CCCC2)ccc1Nc1cnn(CCO)c1N. The Balaban J connectivity index is 1.87. The second-order valence-electron chi connectivity index (χ2n) is 6.26. The smallest absolute Gasteiger partial charge is 0.316 e. The maximum absolute atomic E-state index is 12.6. The molecule has 7 N–H and O–H groups in total. The van der Waals surface area contributed by atoms with E-state index < -0.39 is 6.03 Å². The molecule has 1 aliphatic heterocycles. The molecule has 0 aliphatic carbocycles. The summed E-state index contributed by atoms with van der Waals surface area (Å²) in [6.07, 6.45) is 3.51. The van der Waals surface area contributed by atoms with Crippen LogP contribution in [-0.4, -0.2) is 51.4 Å². The molecule has 1 aliphatic rings. The van der Waals surface area contributed by atoms with Crippen molar-refractivity contribution in [3.05, 3.63) is 30.0 Å². The number of aliphatic hydroxyl groups excluding tert-OH is 1. The number of carbonyl (C=O) groups is 2. The van der Waals surface area contributed by atoms with E-state index in [1.807, 2.05) is 0 Å². The molecular formula is C17H23N7O3.